The zero-order valence-electron chi connectivity index (χ0n) is 15.0. The van der Waals surface area contributed by atoms with Gasteiger partial charge in [-0.3, -0.25) is 19.5 Å². The second-order valence-corrected chi connectivity index (χ2v) is 7.20. The monoisotopic (exact) mass is 447 g/mol. The summed E-state index contributed by atoms with van der Waals surface area (Å²) >= 11 is 3.41. The van der Waals surface area contributed by atoms with Gasteiger partial charge >= 0.3 is 0 Å². The average molecular weight is 448 g/mol. The summed E-state index contributed by atoms with van der Waals surface area (Å²) in [6, 6.07) is 20.8. The molecule has 0 aliphatic carbocycles. The summed E-state index contributed by atoms with van der Waals surface area (Å²) in [5.74, 6) is 0.467. The van der Waals surface area contributed by atoms with Gasteiger partial charge in [0.1, 0.15) is 5.82 Å². The molecule has 29 heavy (non-hydrogen) atoms. The molecule has 0 unspecified atom stereocenters. The van der Waals surface area contributed by atoms with Crippen LogP contribution in [-0.2, 0) is 0 Å². The van der Waals surface area contributed by atoms with E-state index in [0.29, 0.717) is 22.4 Å². The summed E-state index contributed by atoms with van der Waals surface area (Å²) in [7, 11) is 0. The SMILES string of the molecule is O=c1c2ccccc2nc(C=Cc2ccc([N+](=O)[O-])cc2)n1-c1ccc(Br)cc1. The Morgan fingerprint density at radius 2 is 1.62 bits per heavy atom. The zero-order chi connectivity index (χ0) is 20.4. The van der Waals surface area contributed by atoms with Crippen LogP contribution in [0.3, 0.4) is 0 Å². The Bertz CT molecular complexity index is 1290. The molecule has 4 aromatic rings. The van der Waals surface area contributed by atoms with Crippen molar-refractivity contribution < 1.29 is 4.92 Å². The first-order valence-corrected chi connectivity index (χ1v) is 9.52. The van der Waals surface area contributed by atoms with E-state index in [2.05, 4.69) is 20.9 Å². The highest BCUT2D eigenvalue weighted by atomic mass is 79.9. The van der Waals surface area contributed by atoms with Crippen molar-refractivity contribution in [1.82, 2.24) is 9.55 Å². The molecule has 7 heteroatoms. The second-order valence-electron chi connectivity index (χ2n) is 6.29. The van der Waals surface area contributed by atoms with Gasteiger partial charge in [-0.05, 0) is 60.2 Å². The van der Waals surface area contributed by atoms with Gasteiger partial charge < -0.3 is 0 Å². The minimum Gasteiger partial charge on any atom is -0.268 e. The number of hydrogen-bond acceptors (Lipinski definition) is 4. The highest BCUT2D eigenvalue weighted by Gasteiger charge is 2.11. The van der Waals surface area contributed by atoms with E-state index in [-0.39, 0.29) is 11.2 Å². The number of para-hydroxylation sites is 1. The molecule has 0 saturated carbocycles. The van der Waals surface area contributed by atoms with Crippen LogP contribution in [0.4, 0.5) is 5.69 Å². The standard InChI is InChI=1S/C22H14BrN3O3/c23-16-8-12-17(13-9-16)25-21(24-20-4-2-1-3-19(20)22(25)27)14-7-15-5-10-18(11-6-15)26(28)29/h1-14H. The number of nitro benzene ring substituents is 1. The minimum atomic E-state index is -0.441. The molecule has 6 nitrogen and oxygen atoms in total. The molecule has 0 spiro atoms. The number of non-ortho nitro benzene ring substituents is 1. The van der Waals surface area contributed by atoms with Crippen molar-refractivity contribution in [2.45, 2.75) is 0 Å². The van der Waals surface area contributed by atoms with Crippen LogP contribution in [0.15, 0.2) is 82.1 Å². The number of nitrogens with zero attached hydrogens (tertiary/aromatic N) is 3. The molecule has 0 bridgehead atoms. The predicted molar refractivity (Wildman–Crippen MR) is 117 cm³/mol. The maximum Gasteiger partial charge on any atom is 0.269 e. The maximum atomic E-state index is 13.2. The first-order valence-electron chi connectivity index (χ1n) is 8.73. The molecule has 0 fully saturated rings. The van der Waals surface area contributed by atoms with Crippen LogP contribution < -0.4 is 5.56 Å². The molecular formula is C22H14BrN3O3. The highest BCUT2D eigenvalue weighted by molar-refractivity contribution is 9.10. The number of hydrogen-bond donors (Lipinski definition) is 0. The van der Waals surface area contributed by atoms with E-state index in [4.69, 9.17) is 0 Å². The van der Waals surface area contributed by atoms with E-state index in [1.54, 1.807) is 41.0 Å². The molecule has 0 atom stereocenters. The molecule has 0 aliphatic heterocycles. The van der Waals surface area contributed by atoms with E-state index in [9.17, 15) is 14.9 Å². The van der Waals surface area contributed by atoms with Gasteiger partial charge in [-0.2, -0.15) is 0 Å². The van der Waals surface area contributed by atoms with Crippen LogP contribution in [0.25, 0.3) is 28.7 Å². The van der Waals surface area contributed by atoms with Crippen molar-refractivity contribution in [3.05, 3.63) is 109 Å². The lowest BCUT2D eigenvalue weighted by atomic mass is 10.2. The Kier molecular flexibility index (Phi) is 5.05. The van der Waals surface area contributed by atoms with Crippen LogP contribution in [0.2, 0.25) is 0 Å². The van der Waals surface area contributed by atoms with Crippen LogP contribution in [0, 0.1) is 10.1 Å². The molecule has 0 N–H and O–H groups in total. The van der Waals surface area contributed by atoms with Crippen molar-refractivity contribution in [2.24, 2.45) is 0 Å². The predicted octanol–water partition coefficient (Wildman–Crippen LogP) is 5.23. The van der Waals surface area contributed by atoms with E-state index in [1.165, 1.54) is 12.1 Å². The molecule has 0 amide bonds. The number of benzene rings is 3. The number of rotatable bonds is 4. The zero-order valence-corrected chi connectivity index (χ0v) is 16.6. The van der Waals surface area contributed by atoms with Gasteiger partial charge in [-0.15, -0.1) is 0 Å². The average Bonchev–Trinajstić information content (AvgIpc) is 2.73. The minimum absolute atomic E-state index is 0.0257. The summed E-state index contributed by atoms with van der Waals surface area (Å²) in [5.41, 5.74) is 1.92. The van der Waals surface area contributed by atoms with Gasteiger partial charge in [0.15, 0.2) is 0 Å². The largest absolute Gasteiger partial charge is 0.269 e. The molecule has 0 radical (unpaired) electrons. The lowest BCUT2D eigenvalue weighted by Gasteiger charge is -2.11. The third-order valence-corrected chi connectivity index (χ3v) is 4.94. The summed E-state index contributed by atoms with van der Waals surface area (Å²) in [6.45, 7) is 0. The van der Waals surface area contributed by atoms with E-state index >= 15 is 0 Å². The molecule has 0 saturated heterocycles. The van der Waals surface area contributed by atoms with Crippen molar-refractivity contribution in [3.63, 3.8) is 0 Å². The van der Waals surface area contributed by atoms with E-state index in [1.807, 2.05) is 36.4 Å². The Labute approximate surface area is 174 Å². The first-order chi connectivity index (χ1) is 14.0. The number of halogens is 1. The molecule has 4 rings (SSSR count). The molecule has 3 aromatic carbocycles. The number of fused-ring (bicyclic) bond motifs is 1. The highest BCUT2D eigenvalue weighted by Crippen LogP contribution is 2.18. The third-order valence-electron chi connectivity index (χ3n) is 4.42. The summed E-state index contributed by atoms with van der Waals surface area (Å²) in [5, 5.41) is 11.3. The normalized spacial score (nSPS) is 11.2. The Morgan fingerprint density at radius 1 is 0.931 bits per heavy atom. The van der Waals surface area contributed by atoms with Crippen LogP contribution >= 0.6 is 15.9 Å². The van der Waals surface area contributed by atoms with E-state index < -0.39 is 4.92 Å². The van der Waals surface area contributed by atoms with Gasteiger partial charge in [0.05, 0.1) is 21.5 Å². The van der Waals surface area contributed by atoms with Crippen LogP contribution in [0.1, 0.15) is 11.4 Å². The molecule has 142 valence electrons. The number of nitro groups is 1. The molecule has 0 aliphatic rings. The first kappa shape index (κ1) is 18.8. The number of aromatic nitrogens is 2. The van der Waals surface area contributed by atoms with Crippen LogP contribution in [-0.4, -0.2) is 14.5 Å². The van der Waals surface area contributed by atoms with Gasteiger partial charge in [0, 0.05) is 16.6 Å². The Balaban J connectivity index is 1.86. The van der Waals surface area contributed by atoms with Gasteiger partial charge in [-0.1, -0.05) is 34.1 Å². The van der Waals surface area contributed by atoms with Gasteiger partial charge in [-0.25, -0.2) is 4.98 Å². The topological polar surface area (TPSA) is 78.0 Å². The smallest absolute Gasteiger partial charge is 0.268 e. The Morgan fingerprint density at radius 3 is 2.31 bits per heavy atom. The van der Waals surface area contributed by atoms with Gasteiger partial charge in [0.2, 0.25) is 0 Å². The van der Waals surface area contributed by atoms with Crippen LogP contribution in [0.5, 0.6) is 0 Å². The Hall–Kier alpha value is -3.58. The van der Waals surface area contributed by atoms with E-state index in [0.717, 1.165) is 10.0 Å². The molecule has 1 aromatic heterocycles. The fourth-order valence-corrected chi connectivity index (χ4v) is 3.24. The fourth-order valence-electron chi connectivity index (χ4n) is 2.98. The summed E-state index contributed by atoms with van der Waals surface area (Å²) in [6.07, 6.45) is 3.51. The van der Waals surface area contributed by atoms with Gasteiger partial charge in [0.25, 0.3) is 11.2 Å². The molecular weight excluding hydrogens is 434 g/mol. The summed E-state index contributed by atoms with van der Waals surface area (Å²) < 4.78 is 2.46. The lowest BCUT2D eigenvalue weighted by molar-refractivity contribution is -0.384. The van der Waals surface area contributed by atoms with Crippen molar-refractivity contribution in [1.29, 1.82) is 0 Å². The lowest BCUT2D eigenvalue weighted by Crippen LogP contribution is -2.22. The quantitative estimate of drug-likeness (QED) is 0.317. The third kappa shape index (κ3) is 3.86. The second kappa shape index (κ2) is 7.81. The fraction of sp³-hybridized carbons (Fsp3) is 0. The maximum absolute atomic E-state index is 13.2. The molecule has 1 heterocycles. The van der Waals surface area contributed by atoms with Crippen molar-refractivity contribution >= 4 is 44.7 Å². The summed E-state index contributed by atoms with van der Waals surface area (Å²) in [4.78, 5) is 28.2. The van der Waals surface area contributed by atoms with Crippen molar-refractivity contribution in [2.75, 3.05) is 0 Å². The van der Waals surface area contributed by atoms with Crippen molar-refractivity contribution in [3.8, 4) is 5.69 Å².